The SMILES string of the molecule is O=C(NCCOCc1ccccc1)C1CCCN(S(=O)(=O)Cc2ccc(Cl)c(Cl)c2)C1. The molecular formula is C22H26Cl2N2O4S. The third-order valence-electron chi connectivity index (χ3n) is 5.14. The maximum atomic E-state index is 12.9. The number of ether oxygens (including phenoxy) is 1. The first-order valence-electron chi connectivity index (χ1n) is 10.2. The van der Waals surface area contributed by atoms with Gasteiger partial charge in [0, 0.05) is 19.6 Å². The molecule has 168 valence electrons. The van der Waals surface area contributed by atoms with Gasteiger partial charge in [0.15, 0.2) is 0 Å². The van der Waals surface area contributed by atoms with Crippen LogP contribution in [0, 0.1) is 5.92 Å². The van der Waals surface area contributed by atoms with Crippen molar-refractivity contribution in [2.24, 2.45) is 5.92 Å². The van der Waals surface area contributed by atoms with Gasteiger partial charge in [0.1, 0.15) is 0 Å². The quantitative estimate of drug-likeness (QED) is 0.548. The fraction of sp³-hybridized carbons (Fsp3) is 0.409. The first-order chi connectivity index (χ1) is 14.8. The summed E-state index contributed by atoms with van der Waals surface area (Å²) in [6, 6.07) is 14.6. The van der Waals surface area contributed by atoms with Crippen molar-refractivity contribution in [1.29, 1.82) is 0 Å². The highest BCUT2D eigenvalue weighted by Gasteiger charge is 2.32. The van der Waals surface area contributed by atoms with Crippen molar-refractivity contribution < 1.29 is 17.9 Å². The Kier molecular flexibility index (Phi) is 8.75. The fourth-order valence-corrected chi connectivity index (χ4v) is 5.41. The first kappa shape index (κ1) is 24.0. The van der Waals surface area contributed by atoms with E-state index in [0.29, 0.717) is 54.8 Å². The summed E-state index contributed by atoms with van der Waals surface area (Å²) in [6.45, 7) is 1.86. The molecule has 9 heteroatoms. The Balaban J connectivity index is 1.46. The van der Waals surface area contributed by atoms with Crippen LogP contribution in [0.3, 0.4) is 0 Å². The predicted octanol–water partition coefficient (Wildman–Crippen LogP) is 3.87. The highest BCUT2D eigenvalue weighted by atomic mass is 35.5. The molecule has 2 aromatic carbocycles. The Labute approximate surface area is 193 Å². The molecule has 0 aliphatic carbocycles. The molecule has 1 unspecified atom stereocenters. The van der Waals surface area contributed by atoms with E-state index in [2.05, 4.69) is 5.32 Å². The number of nitrogens with one attached hydrogen (secondary N) is 1. The Hall–Kier alpha value is -1.64. The second-order valence-electron chi connectivity index (χ2n) is 7.53. The van der Waals surface area contributed by atoms with E-state index in [0.717, 1.165) is 5.56 Å². The number of halogens is 2. The lowest BCUT2D eigenvalue weighted by molar-refractivity contribution is -0.126. The van der Waals surface area contributed by atoms with Gasteiger partial charge >= 0.3 is 0 Å². The van der Waals surface area contributed by atoms with Crippen LogP contribution in [-0.2, 0) is 31.9 Å². The van der Waals surface area contributed by atoms with Crippen LogP contribution < -0.4 is 5.32 Å². The van der Waals surface area contributed by atoms with Gasteiger partial charge in [-0.2, -0.15) is 0 Å². The highest BCUT2D eigenvalue weighted by Crippen LogP contribution is 2.26. The molecule has 1 fully saturated rings. The smallest absolute Gasteiger partial charge is 0.224 e. The molecule has 31 heavy (non-hydrogen) atoms. The molecule has 0 aromatic heterocycles. The van der Waals surface area contributed by atoms with E-state index in [-0.39, 0.29) is 24.1 Å². The van der Waals surface area contributed by atoms with E-state index < -0.39 is 10.0 Å². The second-order valence-corrected chi connectivity index (χ2v) is 10.3. The lowest BCUT2D eigenvalue weighted by Gasteiger charge is -2.31. The number of nitrogens with zero attached hydrogens (tertiary/aromatic N) is 1. The largest absolute Gasteiger partial charge is 0.375 e. The van der Waals surface area contributed by atoms with Gasteiger partial charge in [-0.3, -0.25) is 4.79 Å². The molecule has 1 heterocycles. The topological polar surface area (TPSA) is 75.7 Å². The minimum atomic E-state index is -3.57. The van der Waals surface area contributed by atoms with Crippen LogP contribution in [0.5, 0.6) is 0 Å². The van der Waals surface area contributed by atoms with Crippen molar-refractivity contribution in [3.63, 3.8) is 0 Å². The van der Waals surface area contributed by atoms with Gasteiger partial charge in [0.25, 0.3) is 0 Å². The van der Waals surface area contributed by atoms with Crippen LogP contribution in [0.4, 0.5) is 0 Å². The zero-order valence-corrected chi connectivity index (χ0v) is 19.4. The molecule has 1 aliphatic heterocycles. The Morgan fingerprint density at radius 1 is 1.10 bits per heavy atom. The Morgan fingerprint density at radius 3 is 2.61 bits per heavy atom. The maximum Gasteiger partial charge on any atom is 0.224 e. The number of amides is 1. The Morgan fingerprint density at radius 2 is 1.87 bits per heavy atom. The van der Waals surface area contributed by atoms with Gasteiger partial charge in [-0.25, -0.2) is 12.7 Å². The van der Waals surface area contributed by atoms with Gasteiger partial charge in [-0.15, -0.1) is 0 Å². The molecule has 1 aliphatic rings. The first-order valence-corrected chi connectivity index (χ1v) is 12.5. The standard InChI is InChI=1S/C22H26Cl2N2O4S/c23-20-9-8-18(13-21(20)24)16-31(28,29)26-11-4-7-19(14-26)22(27)25-10-12-30-15-17-5-2-1-3-6-17/h1-3,5-6,8-9,13,19H,4,7,10-12,14-16H2,(H,25,27). The predicted molar refractivity (Wildman–Crippen MR) is 122 cm³/mol. The van der Waals surface area contributed by atoms with Crippen molar-refractivity contribution in [2.45, 2.75) is 25.2 Å². The third kappa shape index (κ3) is 7.19. The van der Waals surface area contributed by atoms with E-state index in [9.17, 15) is 13.2 Å². The lowest BCUT2D eigenvalue weighted by atomic mass is 9.99. The normalized spacial score (nSPS) is 17.4. The molecule has 3 rings (SSSR count). The molecule has 1 atom stereocenters. The van der Waals surface area contributed by atoms with E-state index in [1.54, 1.807) is 18.2 Å². The van der Waals surface area contributed by atoms with Crippen LogP contribution in [0.25, 0.3) is 0 Å². The van der Waals surface area contributed by atoms with Gasteiger partial charge in [-0.05, 0) is 36.1 Å². The molecule has 0 saturated carbocycles. The van der Waals surface area contributed by atoms with E-state index >= 15 is 0 Å². The summed E-state index contributed by atoms with van der Waals surface area (Å²) in [5.41, 5.74) is 1.64. The zero-order chi connectivity index (χ0) is 22.3. The summed E-state index contributed by atoms with van der Waals surface area (Å²) < 4.78 is 32.7. The summed E-state index contributed by atoms with van der Waals surface area (Å²) in [5, 5.41) is 3.56. The molecule has 0 spiro atoms. The van der Waals surface area contributed by atoms with Crippen molar-refractivity contribution in [3.8, 4) is 0 Å². The molecule has 6 nitrogen and oxygen atoms in total. The molecule has 1 amide bonds. The summed E-state index contributed by atoms with van der Waals surface area (Å²) in [4.78, 5) is 12.5. The summed E-state index contributed by atoms with van der Waals surface area (Å²) in [6.07, 6.45) is 1.30. The molecular weight excluding hydrogens is 459 g/mol. The number of hydrogen-bond acceptors (Lipinski definition) is 4. The molecule has 0 radical (unpaired) electrons. The molecule has 1 N–H and O–H groups in total. The summed E-state index contributed by atoms with van der Waals surface area (Å²) >= 11 is 11.9. The van der Waals surface area contributed by atoms with E-state index in [1.807, 2.05) is 30.3 Å². The number of hydrogen-bond donors (Lipinski definition) is 1. The average Bonchev–Trinajstić information content (AvgIpc) is 2.76. The zero-order valence-electron chi connectivity index (χ0n) is 17.1. The number of carbonyl (C=O) groups excluding carboxylic acids is 1. The van der Waals surface area contributed by atoms with E-state index in [1.165, 1.54) is 4.31 Å². The number of piperidine rings is 1. The van der Waals surface area contributed by atoms with Crippen molar-refractivity contribution in [1.82, 2.24) is 9.62 Å². The fourth-order valence-electron chi connectivity index (χ4n) is 3.50. The van der Waals surface area contributed by atoms with Crippen LogP contribution in [0.2, 0.25) is 10.0 Å². The van der Waals surface area contributed by atoms with Crippen molar-refractivity contribution in [3.05, 3.63) is 69.7 Å². The van der Waals surface area contributed by atoms with Crippen LogP contribution in [-0.4, -0.2) is 44.9 Å². The Bertz CT molecular complexity index is 986. The van der Waals surface area contributed by atoms with Gasteiger partial charge in [-0.1, -0.05) is 59.6 Å². The van der Waals surface area contributed by atoms with E-state index in [4.69, 9.17) is 27.9 Å². The van der Waals surface area contributed by atoms with Crippen molar-refractivity contribution >= 4 is 39.1 Å². The minimum absolute atomic E-state index is 0.141. The van der Waals surface area contributed by atoms with Gasteiger partial charge < -0.3 is 10.1 Å². The lowest BCUT2D eigenvalue weighted by Crippen LogP contribution is -2.46. The molecule has 1 saturated heterocycles. The van der Waals surface area contributed by atoms with Crippen LogP contribution in [0.1, 0.15) is 24.0 Å². The van der Waals surface area contributed by atoms with Gasteiger partial charge in [0.2, 0.25) is 15.9 Å². The second kappa shape index (κ2) is 11.3. The number of sulfonamides is 1. The maximum absolute atomic E-state index is 12.9. The molecule has 0 bridgehead atoms. The molecule has 2 aromatic rings. The minimum Gasteiger partial charge on any atom is -0.375 e. The van der Waals surface area contributed by atoms with Crippen LogP contribution >= 0.6 is 23.2 Å². The number of benzene rings is 2. The summed E-state index contributed by atoms with van der Waals surface area (Å²) in [5.74, 6) is -0.685. The third-order valence-corrected chi connectivity index (χ3v) is 7.69. The summed E-state index contributed by atoms with van der Waals surface area (Å²) in [7, 11) is -3.57. The average molecular weight is 485 g/mol. The highest BCUT2D eigenvalue weighted by molar-refractivity contribution is 7.88. The number of rotatable bonds is 9. The van der Waals surface area contributed by atoms with Gasteiger partial charge in [0.05, 0.1) is 34.9 Å². The van der Waals surface area contributed by atoms with Crippen molar-refractivity contribution in [2.75, 3.05) is 26.2 Å². The monoisotopic (exact) mass is 484 g/mol. The number of carbonyl (C=O) groups is 1. The van der Waals surface area contributed by atoms with Crippen LogP contribution in [0.15, 0.2) is 48.5 Å².